The number of hydrogen-bond donors (Lipinski definition) is 1. The molecule has 1 aliphatic rings. The van der Waals surface area contributed by atoms with E-state index in [1.807, 2.05) is 6.08 Å². The lowest BCUT2D eigenvalue weighted by molar-refractivity contribution is -0.180. The lowest BCUT2D eigenvalue weighted by Gasteiger charge is -2.37. The second-order valence-corrected chi connectivity index (χ2v) is 8.07. The summed E-state index contributed by atoms with van der Waals surface area (Å²) in [4.78, 5) is 18.2. The molecule has 0 saturated heterocycles. The van der Waals surface area contributed by atoms with Gasteiger partial charge in [-0.15, -0.1) is 18.2 Å². The molecule has 0 spiro atoms. The van der Waals surface area contributed by atoms with Crippen LogP contribution in [0.2, 0.25) is 0 Å². The molecular weight excluding hydrogens is 340 g/mol. The van der Waals surface area contributed by atoms with Crippen LogP contribution in [-0.2, 0) is 14.4 Å². The number of nitrogens with one attached hydrogen (secondary N) is 1. The Labute approximate surface area is 165 Å². The number of carbonyl (C=O) groups is 1. The number of hydrogen-bond acceptors (Lipinski definition) is 5. The first kappa shape index (κ1) is 23.6. The van der Waals surface area contributed by atoms with Crippen LogP contribution >= 0.6 is 0 Å². The van der Waals surface area contributed by atoms with Gasteiger partial charge in [-0.1, -0.05) is 26.0 Å². The molecule has 1 N–H and O–H groups in total. The molecule has 2 unspecified atom stereocenters. The highest BCUT2D eigenvalue weighted by Gasteiger charge is 2.32. The van der Waals surface area contributed by atoms with Crippen molar-refractivity contribution in [2.45, 2.75) is 84.1 Å². The van der Waals surface area contributed by atoms with Crippen molar-refractivity contribution in [1.29, 1.82) is 0 Å². The van der Waals surface area contributed by atoms with Crippen LogP contribution in [-0.4, -0.2) is 47.9 Å². The highest BCUT2D eigenvalue weighted by molar-refractivity contribution is 5.88. The summed E-state index contributed by atoms with van der Waals surface area (Å²) in [5.41, 5.74) is 0.660. The Bertz CT molecular complexity index is 508. The van der Waals surface area contributed by atoms with E-state index < -0.39 is 0 Å². The highest BCUT2D eigenvalue weighted by Crippen LogP contribution is 2.26. The molecule has 5 heteroatoms. The molecular formula is C22H38N2O3. The van der Waals surface area contributed by atoms with E-state index >= 15 is 0 Å². The van der Waals surface area contributed by atoms with Crippen LogP contribution in [0.25, 0.3) is 0 Å². The van der Waals surface area contributed by atoms with Gasteiger partial charge in [-0.25, -0.2) is 4.79 Å². The first-order valence-corrected chi connectivity index (χ1v) is 10.1. The van der Waals surface area contributed by atoms with Crippen LogP contribution < -0.4 is 5.32 Å². The van der Waals surface area contributed by atoms with Crippen molar-refractivity contribution in [1.82, 2.24) is 10.4 Å². The summed E-state index contributed by atoms with van der Waals surface area (Å²) in [7, 11) is 0. The molecule has 5 nitrogen and oxygen atoms in total. The largest absolute Gasteiger partial charge is 0.369 e. The molecule has 0 bridgehead atoms. The average molecular weight is 379 g/mol. The number of hydroxylamine groups is 2. The van der Waals surface area contributed by atoms with Gasteiger partial charge >= 0.3 is 5.97 Å². The molecule has 2 atom stereocenters. The zero-order valence-corrected chi connectivity index (χ0v) is 17.8. The second-order valence-electron chi connectivity index (χ2n) is 8.07. The van der Waals surface area contributed by atoms with Gasteiger partial charge in [0, 0.05) is 17.2 Å². The molecule has 0 saturated carbocycles. The van der Waals surface area contributed by atoms with E-state index in [4.69, 9.17) is 9.57 Å². The van der Waals surface area contributed by atoms with Crippen LogP contribution in [0.4, 0.5) is 0 Å². The summed E-state index contributed by atoms with van der Waals surface area (Å²) < 4.78 is 6.34. The fourth-order valence-electron chi connectivity index (χ4n) is 3.20. The molecule has 0 amide bonds. The molecule has 0 aromatic heterocycles. The zero-order valence-electron chi connectivity index (χ0n) is 17.8. The van der Waals surface area contributed by atoms with Crippen molar-refractivity contribution >= 4 is 5.97 Å². The lowest BCUT2D eigenvalue weighted by atomic mass is 9.90. The summed E-state index contributed by atoms with van der Waals surface area (Å²) in [5, 5.41) is 5.20. The fraction of sp³-hybridized carbons (Fsp3) is 0.682. The topological polar surface area (TPSA) is 50.8 Å². The maximum absolute atomic E-state index is 12.6. The van der Waals surface area contributed by atoms with Crippen molar-refractivity contribution in [2.75, 3.05) is 13.1 Å². The van der Waals surface area contributed by atoms with Gasteiger partial charge < -0.3 is 14.9 Å². The van der Waals surface area contributed by atoms with Crippen molar-refractivity contribution < 1.29 is 14.4 Å². The average Bonchev–Trinajstić information content (AvgIpc) is 2.59. The molecule has 154 valence electrons. The highest BCUT2D eigenvalue weighted by atomic mass is 16.7. The second kappa shape index (κ2) is 11.4. The van der Waals surface area contributed by atoms with E-state index in [-0.39, 0.29) is 29.8 Å². The first-order valence-electron chi connectivity index (χ1n) is 10.1. The molecule has 0 heterocycles. The third-order valence-electron chi connectivity index (χ3n) is 4.51. The number of rotatable bonds is 11. The Morgan fingerprint density at radius 3 is 2.37 bits per heavy atom. The summed E-state index contributed by atoms with van der Waals surface area (Å²) in [6, 6.07) is 0.180. The van der Waals surface area contributed by atoms with Gasteiger partial charge in [0.2, 0.25) is 0 Å². The van der Waals surface area contributed by atoms with Gasteiger partial charge in [0.1, 0.15) is 0 Å². The van der Waals surface area contributed by atoms with Crippen molar-refractivity contribution in [3.63, 3.8) is 0 Å². The maximum atomic E-state index is 12.6. The molecule has 0 aliphatic heterocycles. The summed E-state index contributed by atoms with van der Waals surface area (Å²) in [6.45, 7) is 19.0. The third kappa shape index (κ3) is 8.41. The summed E-state index contributed by atoms with van der Waals surface area (Å²) >= 11 is 0. The molecule has 0 radical (unpaired) electrons. The van der Waals surface area contributed by atoms with Gasteiger partial charge in [-0.3, -0.25) is 0 Å². The Morgan fingerprint density at radius 1 is 1.30 bits per heavy atom. The van der Waals surface area contributed by atoms with E-state index in [1.165, 1.54) is 0 Å². The molecule has 0 aromatic carbocycles. The zero-order chi connectivity index (χ0) is 20.4. The van der Waals surface area contributed by atoms with E-state index in [0.717, 1.165) is 19.3 Å². The minimum atomic E-state index is -0.314. The van der Waals surface area contributed by atoms with Gasteiger partial charge in [0.25, 0.3) is 0 Å². The summed E-state index contributed by atoms with van der Waals surface area (Å²) in [5.74, 6) is -0.314. The van der Waals surface area contributed by atoms with E-state index in [0.29, 0.717) is 25.1 Å². The Morgan fingerprint density at radius 2 is 1.89 bits per heavy atom. The van der Waals surface area contributed by atoms with Crippen molar-refractivity contribution in [2.24, 2.45) is 0 Å². The normalized spacial score (nSPS) is 20.5. The minimum absolute atomic E-state index is 0.0171. The van der Waals surface area contributed by atoms with E-state index in [2.05, 4.69) is 53.1 Å². The standard InChI is InChI=1S/C22H38N2O3/c1-8-14-24(15-9-2)27-21(25)17-12-13-19(23-22(5,6)7)20(16-17)26-18(10-3)11-4/h8-9,16,18-20,23H,1-2,10-15H2,3-7H3. The van der Waals surface area contributed by atoms with Crippen LogP contribution in [0.1, 0.15) is 60.3 Å². The minimum Gasteiger partial charge on any atom is -0.369 e. The SMILES string of the molecule is C=CCN(CC=C)OC(=O)C1=CC(OC(CC)CC)C(NC(C)(C)C)CC1. The maximum Gasteiger partial charge on any atom is 0.352 e. The Kier molecular flexibility index (Phi) is 9.99. The number of nitrogens with zero attached hydrogens (tertiary/aromatic N) is 1. The number of ether oxygens (including phenoxy) is 1. The predicted molar refractivity (Wildman–Crippen MR) is 111 cm³/mol. The Hall–Kier alpha value is -1.43. The van der Waals surface area contributed by atoms with Gasteiger partial charge in [-0.05, 0) is 52.5 Å². The fourth-order valence-corrected chi connectivity index (χ4v) is 3.20. The number of carbonyl (C=O) groups excluding carboxylic acids is 1. The molecule has 1 aliphatic carbocycles. The molecule has 27 heavy (non-hydrogen) atoms. The monoisotopic (exact) mass is 378 g/mol. The van der Waals surface area contributed by atoms with Gasteiger partial charge in [-0.2, -0.15) is 0 Å². The lowest BCUT2D eigenvalue weighted by Crippen LogP contribution is -2.51. The summed E-state index contributed by atoms with van der Waals surface area (Å²) in [6.07, 6.45) is 8.82. The molecule has 0 fully saturated rings. The quantitative estimate of drug-likeness (QED) is 0.432. The molecule has 1 rings (SSSR count). The van der Waals surface area contributed by atoms with Crippen LogP contribution in [0, 0.1) is 0 Å². The molecule has 0 aromatic rings. The third-order valence-corrected chi connectivity index (χ3v) is 4.51. The van der Waals surface area contributed by atoms with Crippen LogP contribution in [0.3, 0.4) is 0 Å². The van der Waals surface area contributed by atoms with Gasteiger partial charge in [0.15, 0.2) is 0 Å². The van der Waals surface area contributed by atoms with Crippen molar-refractivity contribution in [3.05, 3.63) is 37.0 Å². The van der Waals surface area contributed by atoms with E-state index in [9.17, 15) is 4.79 Å². The van der Waals surface area contributed by atoms with Gasteiger partial charge in [0.05, 0.1) is 25.3 Å². The predicted octanol–water partition coefficient (Wildman–Crippen LogP) is 4.17. The Balaban J connectivity index is 2.93. The smallest absolute Gasteiger partial charge is 0.352 e. The van der Waals surface area contributed by atoms with Crippen LogP contribution in [0.15, 0.2) is 37.0 Å². The van der Waals surface area contributed by atoms with E-state index in [1.54, 1.807) is 17.2 Å². The first-order chi connectivity index (χ1) is 12.7. The van der Waals surface area contributed by atoms with Crippen LogP contribution in [0.5, 0.6) is 0 Å². The van der Waals surface area contributed by atoms with Crippen molar-refractivity contribution in [3.8, 4) is 0 Å².